The molecule has 0 aromatic carbocycles. The van der Waals surface area contributed by atoms with Crippen LogP contribution >= 0.6 is 0 Å². The molecule has 1 fully saturated rings. The second-order valence-corrected chi connectivity index (χ2v) is 5.46. The Labute approximate surface area is 107 Å². The summed E-state index contributed by atoms with van der Waals surface area (Å²) in [5, 5.41) is 0. The molecule has 102 valence electrons. The minimum absolute atomic E-state index is 0.452. The maximum Gasteiger partial charge on any atom is 0.0615 e. The third-order valence-corrected chi connectivity index (χ3v) is 3.97. The number of hydrogen-bond acceptors (Lipinski definition) is 2. The Balaban J connectivity index is 2.10. The number of unbranched alkanes of at least 4 members (excludes halogenated alkanes) is 4. The summed E-state index contributed by atoms with van der Waals surface area (Å²) in [7, 11) is 0. The van der Waals surface area contributed by atoms with E-state index in [2.05, 4.69) is 6.92 Å². The molecule has 0 aromatic heterocycles. The van der Waals surface area contributed by atoms with Gasteiger partial charge in [0.25, 0.3) is 0 Å². The lowest BCUT2D eigenvalue weighted by atomic mass is 9.97. The summed E-state index contributed by atoms with van der Waals surface area (Å²) in [6, 6.07) is 0. The molecule has 0 radical (unpaired) electrons. The minimum Gasteiger partial charge on any atom is -0.378 e. The lowest BCUT2D eigenvalue weighted by Gasteiger charge is -2.24. The lowest BCUT2D eigenvalue weighted by molar-refractivity contribution is 0.00849. The minimum atomic E-state index is 0.452. The van der Waals surface area contributed by atoms with Crippen LogP contribution in [0.15, 0.2) is 0 Å². The standard InChI is InChI=1S/C15H31NO/c1-2-3-4-5-9-12-17-15-11-8-6-7-10-14(15)13-16/h14-15H,2-13,16H2,1H3. The molecule has 2 nitrogen and oxygen atoms in total. The van der Waals surface area contributed by atoms with Gasteiger partial charge >= 0.3 is 0 Å². The first-order valence-corrected chi connectivity index (χ1v) is 7.70. The van der Waals surface area contributed by atoms with Crippen molar-refractivity contribution in [3.8, 4) is 0 Å². The van der Waals surface area contributed by atoms with Gasteiger partial charge < -0.3 is 10.5 Å². The van der Waals surface area contributed by atoms with Crippen LogP contribution in [0.25, 0.3) is 0 Å². The predicted molar refractivity (Wildman–Crippen MR) is 74.1 cm³/mol. The van der Waals surface area contributed by atoms with Crippen LogP contribution in [0.5, 0.6) is 0 Å². The lowest BCUT2D eigenvalue weighted by Crippen LogP contribution is -2.29. The Morgan fingerprint density at radius 1 is 1.00 bits per heavy atom. The molecule has 0 aromatic rings. The molecule has 17 heavy (non-hydrogen) atoms. The van der Waals surface area contributed by atoms with Crippen LogP contribution in [0.3, 0.4) is 0 Å². The zero-order valence-corrected chi connectivity index (χ0v) is 11.6. The highest BCUT2D eigenvalue weighted by Gasteiger charge is 2.22. The first kappa shape index (κ1) is 15.0. The summed E-state index contributed by atoms with van der Waals surface area (Å²) in [4.78, 5) is 0. The highest BCUT2D eigenvalue weighted by molar-refractivity contribution is 4.75. The third kappa shape index (κ3) is 6.42. The molecule has 1 aliphatic carbocycles. The van der Waals surface area contributed by atoms with Gasteiger partial charge in [-0.1, -0.05) is 51.9 Å². The van der Waals surface area contributed by atoms with Crippen LogP contribution in [0.1, 0.15) is 71.1 Å². The van der Waals surface area contributed by atoms with E-state index in [9.17, 15) is 0 Å². The molecule has 0 heterocycles. The predicted octanol–water partition coefficient (Wildman–Crippen LogP) is 3.88. The molecule has 2 atom stereocenters. The van der Waals surface area contributed by atoms with Gasteiger partial charge in [0, 0.05) is 6.61 Å². The maximum atomic E-state index is 6.07. The number of ether oxygens (including phenoxy) is 1. The summed E-state index contributed by atoms with van der Waals surface area (Å²) in [5.74, 6) is 0.619. The Morgan fingerprint density at radius 2 is 1.76 bits per heavy atom. The van der Waals surface area contributed by atoms with Gasteiger partial charge in [0.05, 0.1) is 6.10 Å². The largest absolute Gasteiger partial charge is 0.378 e. The van der Waals surface area contributed by atoms with Crippen molar-refractivity contribution in [2.75, 3.05) is 13.2 Å². The Morgan fingerprint density at radius 3 is 2.53 bits per heavy atom. The second kappa shape index (κ2) is 9.90. The van der Waals surface area contributed by atoms with Crippen molar-refractivity contribution in [2.45, 2.75) is 77.2 Å². The fraction of sp³-hybridized carbons (Fsp3) is 1.00. The summed E-state index contributed by atoms with van der Waals surface area (Å²) in [6.45, 7) is 4.01. The number of hydrogen-bond donors (Lipinski definition) is 1. The van der Waals surface area contributed by atoms with Gasteiger partial charge in [-0.25, -0.2) is 0 Å². The van der Waals surface area contributed by atoms with Crippen LogP contribution in [0, 0.1) is 5.92 Å². The van der Waals surface area contributed by atoms with E-state index in [0.29, 0.717) is 12.0 Å². The van der Waals surface area contributed by atoms with Gasteiger partial charge in [-0.3, -0.25) is 0 Å². The monoisotopic (exact) mass is 241 g/mol. The summed E-state index contributed by atoms with van der Waals surface area (Å²) in [6.07, 6.45) is 13.6. The summed E-state index contributed by atoms with van der Waals surface area (Å²) in [5.41, 5.74) is 5.85. The van der Waals surface area contributed by atoms with E-state index in [1.807, 2.05) is 0 Å². The highest BCUT2D eigenvalue weighted by Crippen LogP contribution is 2.25. The topological polar surface area (TPSA) is 35.2 Å². The molecular formula is C15H31NO. The molecule has 0 bridgehead atoms. The Hall–Kier alpha value is -0.0800. The Kier molecular flexibility index (Phi) is 8.72. The normalized spacial score (nSPS) is 25.8. The molecule has 1 aliphatic rings. The summed E-state index contributed by atoms with van der Waals surface area (Å²) >= 11 is 0. The zero-order valence-electron chi connectivity index (χ0n) is 11.6. The third-order valence-electron chi connectivity index (χ3n) is 3.97. The maximum absolute atomic E-state index is 6.07. The van der Waals surface area contributed by atoms with E-state index in [1.54, 1.807) is 0 Å². The van der Waals surface area contributed by atoms with Gasteiger partial charge in [0.1, 0.15) is 0 Å². The van der Waals surface area contributed by atoms with E-state index < -0.39 is 0 Å². The molecule has 1 rings (SSSR count). The summed E-state index contributed by atoms with van der Waals surface area (Å²) < 4.78 is 6.07. The van der Waals surface area contributed by atoms with Crippen molar-refractivity contribution in [1.82, 2.24) is 0 Å². The van der Waals surface area contributed by atoms with E-state index in [-0.39, 0.29) is 0 Å². The molecule has 2 N–H and O–H groups in total. The molecule has 0 amide bonds. The van der Waals surface area contributed by atoms with Crippen LogP contribution in [-0.4, -0.2) is 19.3 Å². The van der Waals surface area contributed by atoms with Gasteiger partial charge in [0.15, 0.2) is 0 Å². The van der Waals surface area contributed by atoms with Crippen molar-refractivity contribution in [1.29, 1.82) is 0 Å². The van der Waals surface area contributed by atoms with Gasteiger partial charge in [0.2, 0.25) is 0 Å². The Bertz CT molecular complexity index is 172. The van der Waals surface area contributed by atoms with E-state index in [1.165, 1.54) is 64.2 Å². The van der Waals surface area contributed by atoms with Crippen molar-refractivity contribution < 1.29 is 4.74 Å². The van der Waals surface area contributed by atoms with E-state index in [4.69, 9.17) is 10.5 Å². The number of nitrogens with two attached hydrogens (primary N) is 1. The highest BCUT2D eigenvalue weighted by atomic mass is 16.5. The quantitative estimate of drug-likeness (QED) is 0.517. The van der Waals surface area contributed by atoms with Gasteiger partial charge in [-0.2, -0.15) is 0 Å². The van der Waals surface area contributed by atoms with Gasteiger partial charge in [-0.15, -0.1) is 0 Å². The molecule has 2 heteroatoms. The average Bonchev–Trinajstić information content (AvgIpc) is 2.58. The average molecular weight is 241 g/mol. The second-order valence-electron chi connectivity index (χ2n) is 5.46. The molecule has 2 unspecified atom stereocenters. The van der Waals surface area contributed by atoms with Crippen LogP contribution < -0.4 is 5.73 Å². The zero-order chi connectivity index (χ0) is 12.3. The van der Waals surface area contributed by atoms with Crippen LogP contribution in [0.4, 0.5) is 0 Å². The first-order chi connectivity index (χ1) is 8.38. The molecule has 0 aliphatic heterocycles. The van der Waals surface area contributed by atoms with Crippen molar-refractivity contribution in [3.63, 3.8) is 0 Å². The number of rotatable bonds is 8. The first-order valence-electron chi connectivity index (χ1n) is 7.70. The van der Waals surface area contributed by atoms with Crippen molar-refractivity contribution in [2.24, 2.45) is 11.7 Å². The van der Waals surface area contributed by atoms with E-state index >= 15 is 0 Å². The molecular weight excluding hydrogens is 210 g/mol. The molecule has 1 saturated carbocycles. The van der Waals surface area contributed by atoms with Crippen LogP contribution in [-0.2, 0) is 4.74 Å². The van der Waals surface area contributed by atoms with E-state index in [0.717, 1.165) is 13.2 Å². The van der Waals surface area contributed by atoms with Crippen molar-refractivity contribution in [3.05, 3.63) is 0 Å². The fourth-order valence-corrected chi connectivity index (χ4v) is 2.78. The SMILES string of the molecule is CCCCCCCOC1CCCCCC1CN. The molecule has 0 spiro atoms. The van der Waals surface area contributed by atoms with Crippen LogP contribution in [0.2, 0.25) is 0 Å². The molecule has 0 saturated heterocycles. The smallest absolute Gasteiger partial charge is 0.0615 e. The van der Waals surface area contributed by atoms with Gasteiger partial charge in [-0.05, 0) is 31.7 Å². The van der Waals surface area contributed by atoms with Crippen molar-refractivity contribution >= 4 is 0 Å². The fourth-order valence-electron chi connectivity index (χ4n) is 2.78.